The minimum atomic E-state index is -2.93. The molecule has 0 unspecified atom stereocenters. The molecule has 8 heteroatoms. The second-order valence-corrected chi connectivity index (χ2v) is 7.10. The molecular formula is C20H19F4N3O. The Kier molecular flexibility index (Phi) is 4.74. The number of benzene rings is 2. The van der Waals surface area contributed by atoms with E-state index in [-0.39, 0.29) is 30.9 Å². The van der Waals surface area contributed by atoms with Gasteiger partial charge < -0.3 is 14.6 Å². The van der Waals surface area contributed by atoms with Gasteiger partial charge in [0.05, 0.1) is 30.0 Å². The van der Waals surface area contributed by atoms with E-state index in [2.05, 4.69) is 9.97 Å². The van der Waals surface area contributed by atoms with Crippen molar-refractivity contribution < 1.29 is 22.3 Å². The summed E-state index contributed by atoms with van der Waals surface area (Å²) in [6, 6.07) is 7.88. The van der Waals surface area contributed by atoms with Crippen molar-refractivity contribution in [3.63, 3.8) is 0 Å². The number of H-pyrrole nitrogens is 1. The maximum Gasteiger partial charge on any atom is 0.245 e. The summed E-state index contributed by atoms with van der Waals surface area (Å²) >= 11 is 0. The standard InChI is InChI=1S/C20H19F4N3O/c1-20(23,24)7-6-12-2-4-14(19(22)18(12)21)17-9-28-11-27(17)13-3-5-15-16(8-13)26-10-25-15/h2-5,8,10,17H,6-7,9,11H2,1H3,(H,25,26)/t17-/m1/s1. The first kappa shape index (κ1) is 18.7. The van der Waals surface area contributed by atoms with E-state index in [0.717, 1.165) is 23.6 Å². The predicted molar refractivity (Wildman–Crippen MR) is 97.4 cm³/mol. The predicted octanol–water partition coefficient (Wildman–Crippen LogP) is 4.96. The van der Waals surface area contributed by atoms with Gasteiger partial charge in [0, 0.05) is 17.7 Å². The third-order valence-electron chi connectivity index (χ3n) is 5.00. The number of imidazole rings is 1. The Hall–Kier alpha value is -2.61. The number of hydrogen-bond donors (Lipinski definition) is 1. The zero-order chi connectivity index (χ0) is 19.9. The van der Waals surface area contributed by atoms with Crippen molar-refractivity contribution >= 4 is 16.7 Å². The number of aromatic amines is 1. The third kappa shape index (κ3) is 3.56. The molecule has 1 atom stereocenters. The lowest BCUT2D eigenvalue weighted by molar-refractivity contribution is 0.0131. The van der Waals surface area contributed by atoms with Crippen LogP contribution in [-0.4, -0.2) is 29.2 Å². The summed E-state index contributed by atoms with van der Waals surface area (Å²) in [5.74, 6) is -5.01. The normalized spacial score (nSPS) is 17.6. The summed E-state index contributed by atoms with van der Waals surface area (Å²) in [5.41, 5.74) is 2.51. The molecule has 1 N–H and O–H groups in total. The van der Waals surface area contributed by atoms with Gasteiger partial charge in [0.2, 0.25) is 5.92 Å². The Bertz CT molecular complexity index is 999. The number of nitrogens with zero attached hydrogens (tertiary/aromatic N) is 2. The third-order valence-corrected chi connectivity index (χ3v) is 5.00. The maximum absolute atomic E-state index is 14.8. The van der Waals surface area contributed by atoms with Gasteiger partial charge in [-0.3, -0.25) is 0 Å². The van der Waals surface area contributed by atoms with Crippen molar-refractivity contribution in [3.8, 4) is 0 Å². The van der Waals surface area contributed by atoms with Gasteiger partial charge in [-0.05, 0) is 37.1 Å². The van der Waals surface area contributed by atoms with Crippen LogP contribution in [0.3, 0.4) is 0 Å². The van der Waals surface area contributed by atoms with Crippen LogP contribution in [0.4, 0.5) is 23.2 Å². The molecule has 0 amide bonds. The molecule has 4 nitrogen and oxygen atoms in total. The summed E-state index contributed by atoms with van der Waals surface area (Å²) in [5, 5.41) is 0. The fourth-order valence-corrected chi connectivity index (χ4v) is 3.47. The molecule has 2 heterocycles. The van der Waals surface area contributed by atoms with E-state index in [1.54, 1.807) is 6.33 Å². The van der Waals surface area contributed by atoms with Crippen LogP contribution in [-0.2, 0) is 11.2 Å². The van der Waals surface area contributed by atoms with Crippen molar-refractivity contribution in [2.24, 2.45) is 0 Å². The molecule has 0 aliphatic carbocycles. The van der Waals surface area contributed by atoms with Crippen molar-refractivity contribution in [2.75, 3.05) is 18.2 Å². The summed E-state index contributed by atoms with van der Waals surface area (Å²) in [7, 11) is 0. The van der Waals surface area contributed by atoms with Crippen LogP contribution >= 0.6 is 0 Å². The van der Waals surface area contributed by atoms with Gasteiger partial charge in [-0.1, -0.05) is 12.1 Å². The molecule has 1 aliphatic rings. The lowest BCUT2D eigenvalue weighted by Gasteiger charge is -2.25. The molecule has 4 rings (SSSR count). The van der Waals surface area contributed by atoms with Gasteiger partial charge in [0.15, 0.2) is 11.6 Å². The number of aromatic nitrogens is 2. The summed E-state index contributed by atoms with van der Waals surface area (Å²) in [6.07, 6.45) is 0.819. The zero-order valence-electron chi connectivity index (χ0n) is 15.2. The molecule has 28 heavy (non-hydrogen) atoms. The van der Waals surface area contributed by atoms with Crippen LogP contribution in [0.25, 0.3) is 11.0 Å². The molecule has 0 saturated carbocycles. The van der Waals surface area contributed by atoms with Crippen molar-refractivity contribution in [3.05, 3.63) is 59.4 Å². The highest BCUT2D eigenvalue weighted by atomic mass is 19.3. The summed E-state index contributed by atoms with van der Waals surface area (Å²) < 4.78 is 60.9. The second kappa shape index (κ2) is 7.09. The van der Waals surface area contributed by atoms with Gasteiger partial charge in [-0.25, -0.2) is 22.5 Å². The minimum Gasteiger partial charge on any atom is -0.359 e. The Balaban J connectivity index is 1.62. The lowest BCUT2D eigenvalue weighted by Crippen LogP contribution is -2.25. The van der Waals surface area contributed by atoms with Gasteiger partial charge in [-0.15, -0.1) is 0 Å². The summed E-state index contributed by atoms with van der Waals surface area (Å²) in [6.45, 7) is 1.19. The number of anilines is 1. The Morgan fingerprint density at radius 2 is 2.04 bits per heavy atom. The summed E-state index contributed by atoms with van der Waals surface area (Å²) in [4.78, 5) is 9.01. The molecule has 1 aliphatic heterocycles. The van der Waals surface area contributed by atoms with Crippen molar-refractivity contribution in [2.45, 2.75) is 31.7 Å². The van der Waals surface area contributed by atoms with E-state index >= 15 is 0 Å². The zero-order valence-corrected chi connectivity index (χ0v) is 15.2. The first-order valence-electron chi connectivity index (χ1n) is 8.95. The number of fused-ring (bicyclic) bond motifs is 1. The maximum atomic E-state index is 14.8. The number of alkyl halides is 2. The van der Waals surface area contributed by atoms with E-state index in [9.17, 15) is 17.6 Å². The van der Waals surface area contributed by atoms with E-state index < -0.39 is 30.0 Å². The Morgan fingerprint density at radius 3 is 2.82 bits per heavy atom. The SMILES string of the molecule is CC(F)(F)CCc1ccc([C@H]2COCN2c2ccc3nc[nH]c3c2)c(F)c1F. The second-order valence-electron chi connectivity index (χ2n) is 7.10. The smallest absolute Gasteiger partial charge is 0.245 e. The van der Waals surface area contributed by atoms with Crippen molar-refractivity contribution in [1.82, 2.24) is 9.97 Å². The van der Waals surface area contributed by atoms with Gasteiger partial charge in [0.25, 0.3) is 0 Å². The van der Waals surface area contributed by atoms with Gasteiger partial charge in [-0.2, -0.15) is 0 Å². The Morgan fingerprint density at radius 1 is 1.21 bits per heavy atom. The number of ether oxygens (including phenoxy) is 1. The molecule has 1 saturated heterocycles. The largest absolute Gasteiger partial charge is 0.359 e. The number of aryl methyl sites for hydroxylation is 1. The number of nitrogens with one attached hydrogen (secondary N) is 1. The molecule has 1 aromatic heterocycles. The van der Waals surface area contributed by atoms with Crippen LogP contribution in [0.2, 0.25) is 0 Å². The topological polar surface area (TPSA) is 41.1 Å². The van der Waals surface area contributed by atoms with E-state index in [4.69, 9.17) is 4.74 Å². The molecule has 148 valence electrons. The quantitative estimate of drug-likeness (QED) is 0.623. The highest BCUT2D eigenvalue weighted by Crippen LogP contribution is 2.35. The molecule has 0 radical (unpaired) electrons. The van der Waals surface area contributed by atoms with Crippen molar-refractivity contribution in [1.29, 1.82) is 0 Å². The van der Waals surface area contributed by atoms with Crippen LogP contribution in [0.15, 0.2) is 36.7 Å². The highest BCUT2D eigenvalue weighted by Gasteiger charge is 2.31. The minimum absolute atomic E-state index is 0.0490. The number of halogens is 4. The molecular weight excluding hydrogens is 374 g/mol. The molecule has 3 aromatic rings. The van der Waals surface area contributed by atoms with Crippen LogP contribution in [0.5, 0.6) is 0 Å². The fraction of sp³-hybridized carbons (Fsp3) is 0.350. The average Bonchev–Trinajstić information content (AvgIpc) is 3.30. The van der Waals surface area contributed by atoms with Gasteiger partial charge in [0.1, 0.15) is 6.73 Å². The Labute approximate surface area is 159 Å². The molecule has 2 aromatic carbocycles. The monoisotopic (exact) mass is 393 g/mol. The average molecular weight is 393 g/mol. The highest BCUT2D eigenvalue weighted by molar-refractivity contribution is 5.79. The van der Waals surface area contributed by atoms with Crippen LogP contribution in [0, 0.1) is 11.6 Å². The lowest BCUT2D eigenvalue weighted by atomic mass is 9.99. The fourth-order valence-electron chi connectivity index (χ4n) is 3.47. The molecule has 1 fully saturated rings. The first-order chi connectivity index (χ1) is 13.3. The van der Waals surface area contributed by atoms with Crippen LogP contribution < -0.4 is 4.90 Å². The first-order valence-corrected chi connectivity index (χ1v) is 8.95. The number of rotatable bonds is 5. The number of hydrogen-bond acceptors (Lipinski definition) is 3. The van der Waals surface area contributed by atoms with Gasteiger partial charge >= 0.3 is 0 Å². The van der Waals surface area contributed by atoms with Crippen LogP contribution in [0.1, 0.15) is 30.5 Å². The van der Waals surface area contributed by atoms with E-state index in [0.29, 0.717) is 0 Å². The van der Waals surface area contributed by atoms with E-state index in [1.807, 2.05) is 23.1 Å². The van der Waals surface area contributed by atoms with E-state index in [1.165, 1.54) is 12.1 Å². The molecule has 0 bridgehead atoms. The molecule has 0 spiro atoms.